The number of methoxy groups -OCH3 is 1. The number of nitrogens with two attached hydrogens (primary N) is 1. The van der Waals surface area contributed by atoms with Gasteiger partial charge in [-0.25, -0.2) is 0 Å². The summed E-state index contributed by atoms with van der Waals surface area (Å²) in [6.45, 7) is 2.14. The van der Waals surface area contributed by atoms with Gasteiger partial charge in [-0.05, 0) is 23.8 Å². The Morgan fingerprint density at radius 2 is 2.10 bits per heavy atom. The fraction of sp³-hybridized carbons (Fsp3) is 0.316. The van der Waals surface area contributed by atoms with Crippen LogP contribution in [-0.2, 0) is 25.5 Å². The summed E-state index contributed by atoms with van der Waals surface area (Å²) in [5.74, 6) is -0.0528. The largest absolute Gasteiger partial charge is 0.493 e. The number of allylic oxidation sites excluding steroid dienone is 4. The summed E-state index contributed by atoms with van der Waals surface area (Å²) in [5, 5.41) is 4.89. The van der Waals surface area contributed by atoms with E-state index in [1.165, 1.54) is 29.9 Å². The van der Waals surface area contributed by atoms with Crippen LogP contribution in [0.3, 0.4) is 0 Å². The van der Waals surface area contributed by atoms with Gasteiger partial charge in [-0.15, -0.1) is 0 Å². The summed E-state index contributed by atoms with van der Waals surface area (Å²) < 4.78 is 11.6. The van der Waals surface area contributed by atoms with Gasteiger partial charge in [0.05, 0.1) is 32.3 Å². The molecular weight excluding hydrogens is 410 g/mol. The number of carbonyl (C=O) groups excluding carboxylic acids is 2. The van der Waals surface area contributed by atoms with E-state index in [1.807, 2.05) is 0 Å². The van der Waals surface area contributed by atoms with Gasteiger partial charge in [0.15, 0.2) is 5.76 Å². The Hall–Kier alpha value is -3.31. The molecule has 4 rings (SSSR count). The molecule has 1 amide bonds. The van der Waals surface area contributed by atoms with Crippen LogP contribution in [0.25, 0.3) is 11.0 Å². The quantitative estimate of drug-likeness (QED) is 0.729. The summed E-state index contributed by atoms with van der Waals surface area (Å²) in [7, 11) is 1.40. The van der Waals surface area contributed by atoms with Crippen molar-refractivity contribution in [2.75, 3.05) is 39.1 Å². The highest BCUT2D eigenvalue weighted by atomic mass is 32.1. The third-order valence-corrected chi connectivity index (χ3v) is 5.61. The van der Waals surface area contributed by atoms with Crippen molar-refractivity contribution in [3.8, 4) is 0 Å². The molecule has 2 aromatic heterocycles. The Balaban J connectivity index is 1.65. The minimum atomic E-state index is -0.521. The Kier molecular flexibility index (Phi) is 5.46. The smallest absolute Gasteiger partial charge is 0.283 e. The maximum absolute atomic E-state index is 12.5. The Bertz CT molecular complexity index is 1170. The molecule has 1 aliphatic carbocycles. The number of hydrogen-bond acceptors (Lipinski definition) is 9. The molecule has 30 heavy (non-hydrogen) atoms. The lowest BCUT2D eigenvalue weighted by molar-refractivity contribution is -0.134. The molecule has 0 spiro atoms. The summed E-state index contributed by atoms with van der Waals surface area (Å²) in [6.07, 6.45) is 6.05. The van der Waals surface area contributed by atoms with Crippen LogP contribution >= 0.6 is 11.3 Å². The van der Waals surface area contributed by atoms with E-state index in [4.69, 9.17) is 15.2 Å². The summed E-state index contributed by atoms with van der Waals surface area (Å²) in [5.41, 5.74) is 6.37. The lowest BCUT2D eigenvalue weighted by atomic mass is 10.0. The van der Waals surface area contributed by atoms with Gasteiger partial charge in [0.1, 0.15) is 10.8 Å². The Labute approximate surface area is 174 Å². The molecule has 156 valence electrons. The molecule has 0 unspecified atom stereocenters. The molecule has 0 bridgehead atoms. The van der Waals surface area contributed by atoms with Gasteiger partial charge in [0.25, 0.3) is 5.56 Å². The number of anilines is 1. The summed E-state index contributed by atoms with van der Waals surface area (Å²) in [6, 6.07) is 0. The predicted octanol–water partition coefficient (Wildman–Crippen LogP) is 0.187. The summed E-state index contributed by atoms with van der Waals surface area (Å²) >= 11 is 1.15. The zero-order valence-electron chi connectivity index (χ0n) is 16.2. The maximum atomic E-state index is 12.5. The second-order valence-electron chi connectivity index (χ2n) is 6.63. The number of hydrogen-bond donors (Lipinski definition) is 1. The van der Waals surface area contributed by atoms with Gasteiger partial charge < -0.3 is 20.1 Å². The number of amides is 1. The minimum Gasteiger partial charge on any atom is -0.493 e. The van der Waals surface area contributed by atoms with Crippen LogP contribution in [0.4, 0.5) is 5.82 Å². The normalized spacial score (nSPS) is 18.2. The van der Waals surface area contributed by atoms with Crippen LogP contribution in [-0.4, -0.2) is 64.6 Å². The standard InChI is InChI=1S/C19H19N5O5S/c1-28-14-9-11(2-3-13(14)25)8-12-17(20)24-19(21-18(12)27)30-15(22-24)10-16(26)23-4-6-29-7-5-23/h2-3,8-9H,4-7,10,20H2,1H3/b11-8+. The van der Waals surface area contributed by atoms with E-state index in [-0.39, 0.29) is 35.3 Å². The first-order valence-corrected chi connectivity index (χ1v) is 10.0. The van der Waals surface area contributed by atoms with Crippen molar-refractivity contribution in [2.45, 2.75) is 6.42 Å². The lowest BCUT2D eigenvalue weighted by Gasteiger charge is -2.26. The molecule has 11 heteroatoms. The van der Waals surface area contributed by atoms with Crippen LogP contribution < -0.4 is 11.3 Å². The monoisotopic (exact) mass is 429 g/mol. The molecule has 0 aromatic carbocycles. The molecule has 1 saturated heterocycles. The van der Waals surface area contributed by atoms with Gasteiger partial charge >= 0.3 is 0 Å². The first-order chi connectivity index (χ1) is 14.5. The number of ketones is 1. The highest BCUT2D eigenvalue weighted by molar-refractivity contribution is 7.16. The third-order valence-electron chi connectivity index (χ3n) is 4.70. The number of rotatable bonds is 4. The molecule has 2 aromatic rings. The second-order valence-corrected chi connectivity index (χ2v) is 7.67. The molecule has 0 atom stereocenters. The van der Waals surface area contributed by atoms with E-state index in [1.54, 1.807) is 11.0 Å². The fourth-order valence-electron chi connectivity index (χ4n) is 3.12. The van der Waals surface area contributed by atoms with Gasteiger partial charge in [0.2, 0.25) is 16.7 Å². The van der Waals surface area contributed by atoms with Crippen molar-refractivity contribution in [2.24, 2.45) is 0 Å². The zero-order chi connectivity index (χ0) is 21.3. The number of nitrogens with zero attached hydrogens (tertiary/aromatic N) is 4. The van der Waals surface area contributed by atoms with E-state index in [2.05, 4.69) is 10.1 Å². The Morgan fingerprint density at radius 3 is 2.83 bits per heavy atom. The predicted molar refractivity (Wildman–Crippen MR) is 110 cm³/mol. The molecule has 3 heterocycles. The second kappa shape index (κ2) is 8.20. The van der Waals surface area contributed by atoms with Crippen LogP contribution in [0, 0.1) is 0 Å². The molecular formula is C19H19N5O5S. The van der Waals surface area contributed by atoms with E-state index >= 15 is 0 Å². The van der Waals surface area contributed by atoms with Crippen molar-refractivity contribution in [1.82, 2.24) is 19.5 Å². The van der Waals surface area contributed by atoms with Crippen molar-refractivity contribution < 1.29 is 19.1 Å². The van der Waals surface area contributed by atoms with E-state index in [0.29, 0.717) is 41.8 Å². The molecule has 1 aliphatic heterocycles. The summed E-state index contributed by atoms with van der Waals surface area (Å²) in [4.78, 5) is 42.7. The van der Waals surface area contributed by atoms with Gasteiger partial charge in [-0.3, -0.25) is 14.4 Å². The van der Waals surface area contributed by atoms with Crippen molar-refractivity contribution in [3.63, 3.8) is 0 Å². The van der Waals surface area contributed by atoms with Gasteiger partial charge in [-0.2, -0.15) is 14.6 Å². The molecule has 0 saturated carbocycles. The minimum absolute atomic E-state index is 0.0598. The van der Waals surface area contributed by atoms with E-state index < -0.39 is 5.56 Å². The average molecular weight is 429 g/mol. The van der Waals surface area contributed by atoms with E-state index in [0.717, 1.165) is 11.3 Å². The highest BCUT2D eigenvalue weighted by Gasteiger charge is 2.21. The number of carbonyl (C=O) groups is 2. The molecule has 2 N–H and O–H groups in total. The zero-order valence-corrected chi connectivity index (χ0v) is 17.0. The maximum Gasteiger partial charge on any atom is 0.283 e. The molecule has 0 radical (unpaired) electrons. The number of morpholine rings is 1. The molecule has 10 nitrogen and oxygen atoms in total. The molecule has 2 aliphatic rings. The fourth-order valence-corrected chi connectivity index (χ4v) is 4.01. The first-order valence-electron chi connectivity index (χ1n) is 9.20. The number of aromatic nitrogens is 3. The third kappa shape index (κ3) is 3.89. The lowest BCUT2D eigenvalue weighted by Crippen LogP contribution is -2.41. The van der Waals surface area contributed by atoms with Crippen LogP contribution in [0.5, 0.6) is 0 Å². The van der Waals surface area contributed by atoms with Crippen LogP contribution in [0.1, 0.15) is 10.6 Å². The number of ether oxygens (including phenoxy) is 2. The van der Waals surface area contributed by atoms with Crippen molar-refractivity contribution >= 4 is 39.9 Å². The van der Waals surface area contributed by atoms with E-state index in [9.17, 15) is 14.4 Å². The number of nitrogen functional groups attached to an aromatic ring is 1. The highest BCUT2D eigenvalue weighted by Crippen LogP contribution is 2.21. The topological polar surface area (TPSA) is 129 Å². The van der Waals surface area contributed by atoms with Crippen molar-refractivity contribution in [1.29, 1.82) is 0 Å². The van der Waals surface area contributed by atoms with Crippen molar-refractivity contribution in [3.05, 3.63) is 50.5 Å². The van der Waals surface area contributed by atoms with Gasteiger partial charge in [-0.1, -0.05) is 17.4 Å². The molecule has 1 fully saturated rings. The van der Waals surface area contributed by atoms with Gasteiger partial charge in [0, 0.05) is 13.1 Å². The van der Waals surface area contributed by atoms with Crippen LogP contribution in [0.2, 0.25) is 0 Å². The average Bonchev–Trinajstić information content (AvgIpc) is 3.15. The number of fused-ring (bicyclic) bond motifs is 1. The first kappa shape index (κ1) is 20.0. The SMILES string of the molecule is COC1=C/C(=C/c2c(N)n3nc(CC(=O)N4CCOCC4)sc3nc2=O)C=CC1=O. The van der Waals surface area contributed by atoms with Crippen LogP contribution in [0.15, 0.2) is 34.4 Å². The Morgan fingerprint density at radius 1 is 1.33 bits per heavy atom.